The van der Waals surface area contributed by atoms with Crippen LogP contribution in [0, 0.1) is 0 Å². The molecule has 0 radical (unpaired) electrons. The van der Waals surface area contributed by atoms with Crippen LogP contribution in [0.4, 0.5) is 5.82 Å². The van der Waals surface area contributed by atoms with Crippen LogP contribution >= 0.6 is 27.5 Å². The number of hydrogen-bond donors (Lipinski definition) is 1. The molecule has 0 aliphatic heterocycles. The lowest BCUT2D eigenvalue weighted by Crippen LogP contribution is -2.04. The minimum absolute atomic E-state index is 0.747. The number of hydrogen-bond acceptors (Lipinski definition) is 3. The molecular weight excluding hydrogens is 265 g/mol. The summed E-state index contributed by atoms with van der Waals surface area (Å²) in [5.74, 6) is 1.60. The van der Waals surface area contributed by atoms with E-state index in [0.717, 1.165) is 42.0 Å². The van der Waals surface area contributed by atoms with Crippen molar-refractivity contribution in [2.45, 2.75) is 19.3 Å². The number of nitrogens with zero attached hydrogens (tertiary/aromatic N) is 2. The van der Waals surface area contributed by atoms with Gasteiger partial charge in [0.2, 0.25) is 0 Å². The van der Waals surface area contributed by atoms with Crippen molar-refractivity contribution < 1.29 is 0 Å². The van der Waals surface area contributed by atoms with Crippen molar-refractivity contribution in [3.8, 4) is 0 Å². The maximum absolute atomic E-state index is 5.57. The summed E-state index contributed by atoms with van der Waals surface area (Å²) in [5, 5.41) is 3.23. The molecule has 0 saturated carbocycles. The number of aromatic nitrogens is 2. The predicted octanol–water partition coefficient (Wildman–Crippen LogP) is 3.06. The lowest BCUT2D eigenvalue weighted by atomic mass is 10.2. The molecule has 0 aromatic carbocycles. The van der Waals surface area contributed by atoms with E-state index in [9.17, 15) is 0 Å². The fraction of sp³-hybridized carbons (Fsp3) is 0.556. The summed E-state index contributed by atoms with van der Waals surface area (Å²) in [7, 11) is 0. The molecule has 1 aromatic heterocycles. The van der Waals surface area contributed by atoms with Crippen LogP contribution in [0.25, 0.3) is 0 Å². The first kappa shape index (κ1) is 11.7. The van der Waals surface area contributed by atoms with Gasteiger partial charge in [0, 0.05) is 18.6 Å². The maximum Gasteiger partial charge on any atom is 0.143 e. The van der Waals surface area contributed by atoms with E-state index in [2.05, 4.69) is 31.2 Å². The van der Waals surface area contributed by atoms with Gasteiger partial charge in [0.25, 0.3) is 0 Å². The van der Waals surface area contributed by atoms with E-state index in [-0.39, 0.29) is 0 Å². The number of rotatable bonds is 6. The van der Waals surface area contributed by atoms with Crippen LogP contribution in [0.3, 0.4) is 0 Å². The fourth-order valence-electron chi connectivity index (χ4n) is 1.05. The van der Waals surface area contributed by atoms with Gasteiger partial charge >= 0.3 is 0 Å². The Morgan fingerprint density at radius 3 is 2.93 bits per heavy atom. The normalized spacial score (nSPS) is 10.1. The van der Waals surface area contributed by atoms with Gasteiger partial charge in [0.15, 0.2) is 0 Å². The molecule has 1 heterocycles. The predicted molar refractivity (Wildman–Crippen MR) is 62.8 cm³/mol. The SMILES string of the molecule is ClCCCCCNc1ncncc1Br. The van der Waals surface area contributed by atoms with Gasteiger partial charge in [-0.3, -0.25) is 0 Å². The molecule has 1 aromatic rings. The summed E-state index contributed by atoms with van der Waals surface area (Å²) in [5.41, 5.74) is 0. The molecule has 3 nitrogen and oxygen atoms in total. The van der Waals surface area contributed by atoms with Crippen LogP contribution in [0.1, 0.15) is 19.3 Å². The third-order valence-electron chi connectivity index (χ3n) is 1.77. The smallest absolute Gasteiger partial charge is 0.143 e. The van der Waals surface area contributed by atoms with E-state index in [1.807, 2.05) is 0 Å². The number of halogens is 2. The van der Waals surface area contributed by atoms with Gasteiger partial charge in [-0.2, -0.15) is 0 Å². The number of alkyl halides is 1. The van der Waals surface area contributed by atoms with Crippen molar-refractivity contribution in [2.24, 2.45) is 0 Å². The summed E-state index contributed by atoms with van der Waals surface area (Å²) < 4.78 is 0.900. The van der Waals surface area contributed by atoms with Crippen molar-refractivity contribution in [3.05, 3.63) is 17.0 Å². The van der Waals surface area contributed by atoms with Gasteiger partial charge < -0.3 is 5.32 Å². The first-order chi connectivity index (χ1) is 6.84. The Hall–Kier alpha value is -0.350. The molecule has 0 spiro atoms. The average molecular weight is 279 g/mol. The zero-order valence-electron chi connectivity index (χ0n) is 7.84. The van der Waals surface area contributed by atoms with Gasteiger partial charge in [-0.25, -0.2) is 9.97 Å². The Morgan fingerprint density at radius 1 is 1.36 bits per heavy atom. The van der Waals surface area contributed by atoms with Gasteiger partial charge in [-0.05, 0) is 28.8 Å². The zero-order chi connectivity index (χ0) is 10.2. The molecule has 0 atom stereocenters. The molecule has 0 fully saturated rings. The van der Waals surface area contributed by atoms with E-state index in [4.69, 9.17) is 11.6 Å². The maximum atomic E-state index is 5.57. The third-order valence-corrected chi connectivity index (χ3v) is 2.62. The number of anilines is 1. The van der Waals surface area contributed by atoms with Crippen LogP contribution < -0.4 is 5.32 Å². The second kappa shape index (κ2) is 7.01. The third kappa shape index (κ3) is 4.24. The number of unbranched alkanes of at least 4 members (excludes halogenated alkanes) is 2. The summed E-state index contributed by atoms with van der Waals surface area (Å²) in [4.78, 5) is 7.99. The minimum Gasteiger partial charge on any atom is -0.369 e. The molecule has 0 aliphatic carbocycles. The molecule has 0 saturated heterocycles. The highest BCUT2D eigenvalue weighted by atomic mass is 79.9. The van der Waals surface area contributed by atoms with Crippen molar-refractivity contribution in [1.82, 2.24) is 9.97 Å². The molecule has 0 bridgehead atoms. The van der Waals surface area contributed by atoms with Crippen LogP contribution in [-0.4, -0.2) is 22.4 Å². The standard InChI is InChI=1S/C9H13BrClN3/c10-8-6-12-7-14-9(8)13-5-3-1-2-4-11/h6-7H,1-5H2,(H,12,13,14). The summed E-state index contributed by atoms with van der Waals surface area (Å²) >= 11 is 8.94. The van der Waals surface area contributed by atoms with E-state index < -0.39 is 0 Å². The molecule has 0 amide bonds. The van der Waals surface area contributed by atoms with Crippen molar-refractivity contribution in [2.75, 3.05) is 17.7 Å². The Kier molecular flexibility index (Phi) is 5.87. The highest BCUT2D eigenvalue weighted by Gasteiger charge is 1.98. The highest BCUT2D eigenvalue weighted by Crippen LogP contribution is 2.16. The van der Waals surface area contributed by atoms with Gasteiger partial charge in [-0.1, -0.05) is 6.42 Å². The molecule has 1 rings (SSSR count). The van der Waals surface area contributed by atoms with Crippen molar-refractivity contribution in [3.63, 3.8) is 0 Å². The van der Waals surface area contributed by atoms with Crippen molar-refractivity contribution >= 4 is 33.3 Å². The van der Waals surface area contributed by atoms with Crippen LogP contribution in [0.5, 0.6) is 0 Å². The van der Waals surface area contributed by atoms with E-state index in [0.29, 0.717) is 0 Å². The highest BCUT2D eigenvalue weighted by molar-refractivity contribution is 9.10. The Morgan fingerprint density at radius 2 is 2.21 bits per heavy atom. The monoisotopic (exact) mass is 277 g/mol. The molecule has 0 aliphatic rings. The molecule has 1 N–H and O–H groups in total. The Labute approximate surface area is 97.4 Å². The lowest BCUT2D eigenvalue weighted by Gasteiger charge is -2.05. The summed E-state index contributed by atoms with van der Waals surface area (Å²) in [6, 6.07) is 0. The lowest BCUT2D eigenvalue weighted by molar-refractivity contribution is 0.745. The fourth-order valence-corrected chi connectivity index (χ4v) is 1.60. The molecular formula is C9H13BrClN3. The van der Waals surface area contributed by atoms with Gasteiger partial charge in [0.05, 0.1) is 4.47 Å². The van der Waals surface area contributed by atoms with Gasteiger partial charge in [0.1, 0.15) is 12.1 Å². The van der Waals surface area contributed by atoms with Gasteiger partial charge in [-0.15, -0.1) is 11.6 Å². The molecule has 5 heteroatoms. The molecule has 0 unspecified atom stereocenters. The van der Waals surface area contributed by atoms with E-state index >= 15 is 0 Å². The minimum atomic E-state index is 0.747. The molecule has 14 heavy (non-hydrogen) atoms. The number of nitrogens with one attached hydrogen (secondary N) is 1. The van der Waals surface area contributed by atoms with Crippen LogP contribution in [-0.2, 0) is 0 Å². The Bertz CT molecular complexity index is 270. The summed E-state index contributed by atoms with van der Waals surface area (Å²) in [6.07, 6.45) is 6.61. The van der Waals surface area contributed by atoms with E-state index in [1.54, 1.807) is 6.20 Å². The molecule has 78 valence electrons. The zero-order valence-corrected chi connectivity index (χ0v) is 10.2. The average Bonchev–Trinajstić information content (AvgIpc) is 2.20. The largest absolute Gasteiger partial charge is 0.369 e. The quantitative estimate of drug-likeness (QED) is 0.642. The van der Waals surface area contributed by atoms with Crippen LogP contribution in [0.15, 0.2) is 17.0 Å². The van der Waals surface area contributed by atoms with E-state index in [1.165, 1.54) is 6.33 Å². The Balaban J connectivity index is 2.21. The first-order valence-electron chi connectivity index (χ1n) is 4.60. The summed E-state index contributed by atoms with van der Waals surface area (Å²) in [6.45, 7) is 0.923. The second-order valence-electron chi connectivity index (χ2n) is 2.90. The second-order valence-corrected chi connectivity index (χ2v) is 4.13. The van der Waals surface area contributed by atoms with Crippen molar-refractivity contribution in [1.29, 1.82) is 0 Å². The first-order valence-corrected chi connectivity index (χ1v) is 5.92. The topological polar surface area (TPSA) is 37.8 Å². The van der Waals surface area contributed by atoms with Crippen LogP contribution in [0.2, 0.25) is 0 Å².